The van der Waals surface area contributed by atoms with E-state index in [2.05, 4.69) is 28.2 Å². The molecule has 2 atom stereocenters. The molecule has 0 fully saturated rings. The van der Waals surface area contributed by atoms with E-state index >= 15 is 0 Å². The van der Waals surface area contributed by atoms with Crippen LogP contribution in [0.25, 0.3) is 0 Å². The maximum Gasteiger partial charge on any atom is 0.172 e. The van der Waals surface area contributed by atoms with E-state index in [1.54, 1.807) is 6.92 Å². The third-order valence-corrected chi connectivity index (χ3v) is 3.48. The molecule has 2 unspecified atom stereocenters. The van der Waals surface area contributed by atoms with Gasteiger partial charge in [0.05, 0.1) is 17.7 Å². The highest BCUT2D eigenvalue weighted by Gasteiger charge is 2.09. The minimum atomic E-state index is -0.264. The highest BCUT2D eigenvalue weighted by Crippen LogP contribution is 2.35. The predicted octanol–water partition coefficient (Wildman–Crippen LogP) is 2.66. The molecule has 4 nitrogen and oxygen atoms in total. The van der Waals surface area contributed by atoms with Crippen LogP contribution in [0.4, 0.5) is 0 Å². The van der Waals surface area contributed by atoms with Crippen LogP contribution in [0, 0.1) is 5.92 Å². The summed E-state index contributed by atoms with van der Waals surface area (Å²) in [6.45, 7) is 5.44. The summed E-state index contributed by atoms with van der Waals surface area (Å²) in [6.07, 6.45) is 0.523. The summed E-state index contributed by atoms with van der Waals surface area (Å²) in [5, 5.41) is 22.3. The monoisotopic (exact) mass is 331 g/mol. The van der Waals surface area contributed by atoms with Gasteiger partial charge in [0.25, 0.3) is 0 Å². The first-order chi connectivity index (χ1) is 8.93. The minimum absolute atomic E-state index is 0.119. The number of benzene rings is 1. The van der Waals surface area contributed by atoms with Crippen LogP contribution in [0.15, 0.2) is 16.6 Å². The third-order valence-electron chi connectivity index (χ3n) is 2.87. The van der Waals surface area contributed by atoms with Gasteiger partial charge >= 0.3 is 0 Å². The number of nitrogens with one attached hydrogen (secondary N) is 1. The quantitative estimate of drug-likeness (QED) is 0.718. The fraction of sp³-hybridized carbons (Fsp3) is 0.571. The van der Waals surface area contributed by atoms with Gasteiger partial charge in [0.15, 0.2) is 11.5 Å². The van der Waals surface area contributed by atoms with Crippen LogP contribution in [-0.4, -0.2) is 30.0 Å². The molecule has 0 aliphatic carbocycles. The van der Waals surface area contributed by atoms with Crippen molar-refractivity contribution in [1.82, 2.24) is 5.32 Å². The van der Waals surface area contributed by atoms with E-state index in [4.69, 9.17) is 4.74 Å². The van der Waals surface area contributed by atoms with Crippen LogP contribution in [0.1, 0.15) is 25.8 Å². The van der Waals surface area contributed by atoms with Gasteiger partial charge in [-0.05, 0) is 59.4 Å². The second-order valence-corrected chi connectivity index (χ2v) is 5.80. The van der Waals surface area contributed by atoms with Crippen LogP contribution in [0.3, 0.4) is 0 Å². The maximum atomic E-state index is 9.71. The molecule has 0 aliphatic rings. The van der Waals surface area contributed by atoms with Crippen molar-refractivity contribution in [2.45, 2.75) is 32.9 Å². The molecular weight excluding hydrogens is 310 g/mol. The normalized spacial score (nSPS) is 14.2. The minimum Gasteiger partial charge on any atom is -0.503 e. The predicted molar refractivity (Wildman–Crippen MR) is 79.5 cm³/mol. The molecule has 108 valence electrons. The molecule has 0 aliphatic heterocycles. The Morgan fingerprint density at radius 3 is 2.63 bits per heavy atom. The van der Waals surface area contributed by atoms with Crippen LogP contribution in [-0.2, 0) is 6.54 Å². The number of methoxy groups -OCH3 is 1. The second-order valence-electron chi connectivity index (χ2n) is 4.95. The van der Waals surface area contributed by atoms with Crippen LogP contribution in [0.2, 0.25) is 0 Å². The van der Waals surface area contributed by atoms with Crippen LogP contribution in [0.5, 0.6) is 11.5 Å². The van der Waals surface area contributed by atoms with Crippen molar-refractivity contribution in [2.75, 3.05) is 13.7 Å². The Balaban J connectivity index is 2.52. The zero-order valence-electron chi connectivity index (χ0n) is 11.6. The van der Waals surface area contributed by atoms with E-state index in [0.29, 0.717) is 22.7 Å². The lowest BCUT2D eigenvalue weighted by Gasteiger charge is -2.15. The summed E-state index contributed by atoms with van der Waals surface area (Å²) >= 11 is 3.30. The van der Waals surface area contributed by atoms with E-state index in [1.807, 2.05) is 12.1 Å². The summed E-state index contributed by atoms with van der Waals surface area (Å²) in [5.74, 6) is 0.999. The molecule has 0 heterocycles. The lowest BCUT2D eigenvalue weighted by atomic mass is 10.0. The van der Waals surface area contributed by atoms with E-state index in [-0.39, 0.29) is 11.9 Å². The molecule has 0 bridgehead atoms. The standard InChI is InChI=1S/C14H22BrNO3/c1-9(4-10(2)17)7-16-8-11-5-12(15)14(18)13(6-11)19-3/h5-6,9-10,16-18H,4,7-8H2,1-3H3. The number of phenols is 1. The van der Waals surface area contributed by atoms with E-state index in [1.165, 1.54) is 7.11 Å². The zero-order valence-corrected chi connectivity index (χ0v) is 13.2. The first-order valence-electron chi connectivity index (χ1n) is 6.38. The number of halogens is 1. The van der Waals surface area contributed by atoms with Gasteiger partial charge < -0.3 is 20.3 Å². The Kier molecular flexibility index (Phi) is 6.62. The SMILES string of the molecule is COc1cc(CNCC(C)CC(C)O)cc(Br)c1O. The second kappa shape index (κ2) is 7.72. The number of hydrogen-bond acceptors (Lipinski definition) is 4. The Labute approximate surface area is 122 Å². The van der Waals surface area contributed by atoms with Crippen LogP contribution >= 0.6 is 15.9 Å². The van der Waals surface area contributed by atoms with Crippen molar-refractivity contribution in [3.63, 3.8) is 0 Å². The maximum absolute atomic E-state index is 9.71. The summed E-state index contributed by atoms with van der Waals surface area (Å²) in [5.41, 5.74) is 1.03. The number of phenolic OH excluding ortho intramolecular Hbond substituents is 1. The third kappa shape index (κ3) is 5.38. The van der Waals surface area contributed by atoms with Crippen molar-refractivity contribution >= 4 is 15.9 Å². The highest BCUT2D eigenvalue weighted by atomic mass is 79.9. The lowest BCUT2D eigenvalue weighted by Crippen LogP contribution is -2.23. The highest BCUT2D eigenvalue weighted by molar-refractivity contribution is 9.10. The zero-order chi connectivity index (χ0) is 14.4. The first kappa shape index (κ1) is 16.3. The molecule has 0 amide bonds. The average Bonchev–Trinajstić information content (AvgIpc) is 2.32. The van der Waals surface area contributed by atoms with E-state index in [9.17, 15) is 10.2 Å². The Bertz CT molecular complexity index is 410. The first-order valence-corrected chi connectivity index (χ1v) is 7.17. The van der Waals surface area contributed by atoms with Crippen LogP contribution < -0.4 is 10.1 Å². The van der Waals surface area contributed by atoms with Gasteiger partial charge in [-0.3, -0.25) is 0 Å². The van der Waals surface area contributed by atoms with Crippen molar-refractivity contribution < 1.29 is 14.9 Å². The Morgan fingerprint density at radius 1 is 1.37 bits per heavy atom. The molecular formula is C14H22BrNO3. The van der Waals surface area contributed by atoms with Gasteiger partial charge in [0, 0.05) is 6.54 Å². The molecule has 3 N–H and O–H groups in total. The average molecular weight is 332 g/mol. The number of aromatic hydroxyl groups is 1. The Hall–Kier alpha value is -0.780. The molecule has 1 aromatic carbocycles. The number of hydrogen-bond donors (Lipinski definition) is 3. The molecule has 0 aromatic heterocycles. The largest absolute Gasteiger partial charge is 0.503 e. The molecule has 1 rings (SSSR count). The molecule has 0 radical (unpaired) electrons. The fourth-order valence-corrected chi connectivity index (χ4v) is 2.50. The van der Waals surface area contributed by atoms with Gasteiger partial charge in [0.1, 0.15) is 0 Å². The molecule has 5 heteroatoms. The van der Waals surface area contributed by atoms with Crippen molar-refractivity contribution in [3.05, 3.63) is 22.2 Å². The van der Waals surface area contributed by atoms with Gasteiger partial charge in [-0.15, -0.1) is 0 Å². The van der Waals surface area contributed by atoms with E-state index in [0.717, 1.165) is 18.5 Å². The van der Waals surface area contributed by atoms with Gasteiger partial charge in [-0.2, -0.15) is 0 Å². The molecule has 0 saturated carbocycles. The summed E-state index contributed by atoms with van der Waals surface area (Å²) < 4.78 is 5.73. The number of rotatable bonds is 7. The molecule has 0 spiro atoms. The van der Waals surface area contributed by atoms with Crippen molar-refractivity contribution in [1.29, 1.82) is 0 Å². The number of ether oxygens (including phenoxy) is 1. The topological polar surface area (TPSA) is 61.7 Å². The van der Waals surface area contributed by atoms with E-state index < -0.39 is 0 Å². The molecule has 1 aromatic rings. The summed E-state index contributed by atoms with van der Waals surface area (Å²) in [6, 6.07) is 3.68. The lowest BCUT2D eigenvalue weighted by molar-refractivity contribution is 0.163. The summed E-state index contributed by atoms with van der Waals surface area (Å²) in [4.78, 5) is 0. The van der Waals surface area contributed by atoms with Crippen molar-refractivity contribution in [2.24, 2.45) is 5.92 Å². The van der Waals surface area contributed by atoms with Crippen molar-refractivity contribution in [3.8, 4) is 11.5 Å². The number of aliphatic hydroxyl groups is 1. The number of aliphatic hydroxyl groups excluding tert-OH is 1. The fourth-order valence-electron chi connectivity index (χ4n) is 2.01. The molecule has 19 heavy (non-hydrogen) atoms. The molecule has 0 saturated heterocycles. The van der Waals surface area contributed by atoms with Gasteiger partial charge in [-0.1, -0.05) is 6.92 Å². The Morgan fingerprint density at radius 2 is 2.05 bits per heavy atom. The summed E-state index contributed by atoms with van der Waals surface area (Å²) in [7, 11) is 1.53. The smallest absolute Gasteiger partial charge is 0.172 e. The van der Waals surface area contributed by atoms with Gasteiger partial charge in [-0.25, -0.2) is 0 Å². The van der Waals surface area contributed by atoms with Gasteiger partial charge in [0.2, 0.25) is 0 Å².